The summed E-state index contributed by atoms with van der Waals surface area (Å²) in [5.74, 6) is -1.24. The number of benzene rings is 1. The molecule has 8 nitrogen and oxygen atoms in total. The Morgan fingerprint density at radius 3 is 2.56 bits per heavy atom. The third kappa shape index (κ3) is 4.11. The van der Waals surface area contributed by atoms with Crippen molar-refractivity contribution in [2.75, 3.05) is 5.32 Å². The molecule has 2 N–H and O–H groups in total. The first-order valence-electron chi connectivity index (χ1n) is 4.69. The number of nitrogens with one attached hydrogen (secondary N) is 1. The van der Waals surface area contributed by atoms with E-state index in [2.05, 4.69) is 5.32 Å². The second kappa shape index (κ2) is 5.10. The van der Waals surface area contributed by atoms with Gasteiger partial charge in [-0.15, -0.1) is 0 Å². The minimum absolute atomic E-state index is 0.0191. The molecule has 0 saturated carbocycles. The molecule has 0 atom stereocenters. The molecular weight excluding hydrogens is 264 g/mol. The molecule has 1 amide bonds. The molecule has 0 unspecified atom stereocenters. The fraction of sp³-hybridized carbons (Fsp3) is 0.222. The monoisotopic (exact) mass is 274 g/mol. The average molecular weight is 274 g/mol. The lowest BCUT2D eigenvalue weighted by Crippen LogP contribution is -2.11. The molecule has 18 heavy (non-hydrogen) atoms. The first-order valence-corrected chi connectivity index (χ1v) is 6.30. The van der Waals surface area contributed by atoms with Crippen LogP contribution in [0.5, 0.6) is 0 Å². The maximum atomic E-state index is 10.9. The highest BCUT2D eigenvalue weighted by Crippen LogP contribution is 2.24. The van der Waals surface area contributed by atoms with E-state index < -0.39 is 26.7 Å². The molecule has 0 aliphatic carbocycles. The van der Waals surface area contributed by atoms with Crippen molar-refractivity contribution in [3.63, 3.8) is 0 Å². The summed E-state index contributed by atoms with van der Waals surface area (Å²) in [4.78, 5) is 20.8. The van der Waals surface area contributed by atoms with Crippen molar-refractivity contribution in [2.24, 2.45) is 0 Å². The van der Waals surface area contributed by atoms with Gasteiger partial charge in [-0.05, 0) is 11.6 Å². The normalized spacial score (nSPS) is 11.0. The average Bonchev–Trinajstić information content (AvgIpc) is 2.17. The second-order valence-corrected chi connectivity index (χ2v) is 4.96. The lowest BCUT2D eigenvalue weighted by molar-refractivity contribution is -0.384. The molecule has 0 bridgehead atoms. The molecule has 0 saturated heterocycles. The third-order valence-corrected chi connectivity index (χ3v) is 2.63. The summed E-state index contributed by atoms with van der Waals surface area (Å²) in [5, 5.41) is 12.8. The maximum Gasteiger partial charge on any atom is 0.271 e. The molecule has 0 radical (unpaired) electrons. The van der Waals surface area contributed by atoms with E-state index in [9.17, 15) is 23.3 Å². The summed E-state index contributed by atoms with van der Waals surface area (Å²) >= 11 is 0. The smallest absolute Gasteiger partial charge is 0.271 e. The SMILES string of the molecule is CC(=O)Nc1cc([N+](=O)[O-])ccc1CS(=O)(=O)O. The van der Waals surface area contributed by atoms with Gasteiger partial charge >= 0.3 is 0 Å². The van der Waals surface area contributed by atoms with Gasteiger partial charge < -0.3 is 5.32 Å². The van der Waals surface area contributed by atoms with Crippen molar-refractivity contribution in [1.29, 1.82) is 0 Å². The number of carbonyl (C=O) groups excluding carboxylic acids is 1. The fourth-order valence-electron chi connectivity index (χ4n) is 1.31. The molecule has 98 valence electrons. The van der Waals surface area contributed by atoms with Crippen LogP contribution in [-0.4, -0.2) is 23.8 Å². The minimum Gasteiger partial charge on any atom is -0.326 e. The molecule has 0 spiro atoms. The molecule has 0 aliphatic rings. The first kappa shape index (κ1) is 14.1. The van der Waals surface area contributed by atoms with Gasteiger partial charge in [-0.2, -0.15) is 8.42 Å². The summed E-state index contributed by atoms with van der Waals surface area (Å²) in [5.41, 5.74) is -0.245. The summed E-state index contributed by atoms with van der Waals surface area (Å²) in [7, 11) is -4.29. The molecule has 0 aliphatic heterocycles. The van der Waals surface area contributed by atoms with Gasteiger partial charge in [0.15, 0.2) is 0 Å². The summed E-state index contributed by atoms with van der Waals surface area (Å²) < 4.78 is 30.3. The van der Waals surface area contributed by atoms with Crippen molar-refractivity contribution in [2.45, 2.75) is 12.7 Å². The van der Waals surface area contributed by atoms with E-state index in [1.807, 2.05) is 0 Å². The zero-order valence-corrected chi connectivity index (χ0v) is 10.1. The van der Waals surface area contributed by atoms with Gasteiger partial charge in [0.2, 0.25) is 5.91 Å². The van der Waals surface area contributed by atoms with Crippen LogP contribution >= 0.6 is 0 Å². The summed E-state index contributed by atoms with van der Waals surface area (Å²) in [6.45, 7) is 1.18. The molecular formula is C9H10N2O6S. The van der Waals surface area contributed by atoms with E-state index in [0.29, 0.717) is 0 Å². The molecule has 0 heterocycles. The highest BCUT2D eigenvalue weighted by atomic mass is 32.2. The number of amides is 1. The number of nitro groups is 1. The standard InChI is InChI=1S/C9H10N2O6S/c1-6(12)10-9-4-8(11(13)14)3-2-7(9)5-18(15,16)17/h2-4H,5H2,1H3,(H,10,12)(H,15,16,17). The van der Waals surface area contributed by atoms with Crippen LogP contribution in [0.25, 0.3) is 0 Å². The Kier molecular flexibility index (Phi) is 3.99. The van der Waals surface area contributed by atoms with Gasteiger partial charge in [-0.1, -0.05) is 0 Å². The topological polar surface area (TPSA) is 127 Å². The highest BCUT2D eigenvalue weighted by Gasteiger charge is 2.16. The van der Waals surface area contributed by atoms with E-state index in [0.717, 1.165) is 18.2 Å². The van der Waals surface area contributed by atoms with Gasteiger partial charge in [0.1, 0.15) is 5.75 Å². The quantitative estimate of drug-likeness (QED) is 0.478. The summed E-state index contributed by atoms with van der Waals surface area (Å²) in [6, 6.07) is 3.28. The molecule has 0 aromatic heterocycles. The number of non-ortho nitro benzene ring substituents is 1. The van der Waals surface area contributed by atoms with Crippen LogP contribution in [-0.2, 0) is 20.7 Å². The molecule has 9 heteroatoms. The van der Waals surface area contributed by atoms with Crippen LogP contribution in [0.2, 0.25) is 0 Å². The number of rotatable bonds is 4. The van der Waals surface area contributed by atoms with Gasteiger partial charge in [0, 0.05) is 19.1 Å². The van der Waals surface area contributed by atoms with E-state index >= 15 is 0 Å². The number of anilines is 1. The zero-order valence-electron chi connectivity index (χ0n) is 9.28. The zero-order chi connectivity index (χ0) is 13.9. The van der Waals surface area contributed by atoms with E-state index in [4.69, 9.17) is 4.55 Å². The lowest BCUT2D eigenvalue weighted by atomic mass is 10.2. The van der Waals surface area contributed by atoms with Crippen molar-refractivity contribution >= 4 is 27.4 Å². The Morgan fingerprint density at radius 1 is 1.50 bits per heavy atom. The number of hydrogen-bond donors (Lipinski definition) is 2. The predicted molar refractivity (Wildman–Crippen MR) is 62.7 cm³/mol. The summed E-state index contributed by atoms with van der Waals surface area (Å²) in [6.07, 6.45) is 0. The van der Waals surface area contributed by atoms with Crippen LogP contribution in [0.4, 0.5) is 11.4 Å². The molecule has 1 aromatic carbocycles. The van der Waals surface area contributed by atoms with Crippen molar-refractivity contribution in [3.05, 3.63) is 33.9 Å². The Bertz CT molecular complexity index is 595. The largest absolute Gasteiger partial charge is 0.326 e. The van der Waals surface area contributed by atoms with Crippen LogP contribution in [0, 0.1) is 10.1 Å². The Labute approximate surface area is 103 Å². The Morgan fingerprint density at radius 2 is 2.11 bits per heavy atom. The van der Waals surface area contributed by atoms with Crippen molar-refractivity contribution in [3.8, 4) is 0 Å². The van der Waals surface area contributed by atoms with Crippen molar-refractivity contribution in [1.82, 2.24) is 0 Å². The molecule has 1 aromatic rings. The number of hydrogen-bond acceptors (Lipinski definition) is 5. The predicted octanol–water partition coefficient (Wildman–Crippen LogP) is 0.941. The van der Waals surface area contributed by atoms with E-state index in [-0.39, 0.29) is 16.9 Å². The van der Waals surface area contributed by atoms with Crippen molar-refractivity contribution < 1.29 is 22.7 Å². The Balaban J connectivity index is 3.24. The first-order chi connectivity index (χ1) is 8.19. The second-order valence-electron chi connectivity index (χ2n) is 3.51. The molecule has 1 rings (SSSR count). The van der Waals surface area contributed by atoms with Gasteiger partial charge in [0.05, 0.1) is 10.6 Å². The van der Waals surface area contributed by atoms with Crippen LogP contribution in [0.3, 0.4) is 0 Å². The van der Waals surface area contributed by atoms with E-state index in [1.165, 1.54) is 6.92 Å². The third-order valence-electron chi connectivity index (χ3n) is 1.95. The highest BCUT2D eigenvalue weighted by molar-refractivity contribution is 7.85. The fourth-order valence-corrected chi connectivity index (χ4v) is 1.95. The lowest BCUT2D eigenvalue weighted by Gasteiger charge is -2.08. The van der Waals surface area contributed by atoms with Crippen LogP contribution in [0.15, 0.2) is 18.2 Å². The molecule has 0 fully saturated rings. The maximum absolute atomic E-state index is 10.9. The number of nitro benzene ring substituents is 1. The number of nitrogens with zero attached hydrogens (tertiary/aromatic N) is 1. The van der Waals surface area contributed by atoms with Crippen LogP contribution in [0.1, 0.15) is 12.5 Å². The van der Waals surface area contributed by atoms with Crippen LogP contribution < -0.4 is 5.32 Å². The van der Waals surface area contributed by atoms with E-state index in [1.54, 1.807) is 0 Å². The van der Waals surface area contributed by atoms with Gasteiger partial charge in [0.25, 0.3) is 15.8 Å². The Hall–Kier alpha value is -2.00. The minimum atomic E-state index is -4.29. The van der Waals surface area contributed by atoms with Gasteiger partial charge in [-0.3, -0.25) is 19.5 Å². The number of carbonyl (C=O) groups is 1. The van der Waals surface area contributed by atoms with Gasteiger partial charge in [-0.25, -0.2) is 0 Å².